The van der Waals surface area contributed by atoms with E-state index in [4.69, 9.17) is 5.73 Å². The monoisotopic (exact) mass is 255 g/mol. The zero-order valence-corrected chi connectivity index (χ0v) is 12.5. The van der Waals surface area contributed by atoms with Gasteiger partial charge in [-0.1, -0.05) is 13.8 Å². The first kappa shape index (κ1) is 15.4. The highest BCUT2D eigenvalue weighted by Gasteiger charge is 2.33. The minimum atomic E-state index is -0.594. The summed E-state index contributed by atoms with van der Waals surface area (Å²) in [6, 6.07) is 0.263. The van der Waals surface area contributed by atoms with Gasteiger partial charge in [-0.25, -0.2) is 0 Å². The standard InChI is InChI=1S/C14H29N3O/c1-10(2)16-14(5,13(15)18)6-7-17-8-11(3)12(4)9-17/h10-12,16H,6-9H2,1-5H3,(H2,15,18). The van der Waals surface area contributed by atoms with E-state index in [1.165, 1.54) is 0 Å². The van der Waals surface area contributed by atoms with E-state index in [1.54, 1.807) is 0 Å². The topological polar surface area (TPSA) is 58.4 Å². The minimum Gasteiger partial charge on any atom is -0.368 e. The van der Waals surface area contributed by atoms with Crippen molar-refractivity contribution in [1.29, 1.82) is 0 Å². The van der Waals surface area contributed by atoms with Gasteiger partial charge in [-0.15, -0.1) is 0 Å². The Labute approximate surface area is 111 Å². The Hall–Kier alpha value is -0.610. The summed E-state index contributed by atoms with van der Waals surface area (Å²) in [5.41, 5.74) is 4.94. The number of rotatable bonds is 6. The Morgan fingerprint density at radius 2 is 1.89 bits per heavy atom. The van der Waals surface area contributed by atoms with Crippen LogP contribution in [0.25, 0.3) is 0 Å². The lowest BCUT2D eigenvalue weighted by Gasteiger charge is -2.31. The zero-order valence-electron chi connectivity index (χ0n) is 12.5. The van der Waals surface area contributed by atoms with E-state index in [9.17, 15) is 4.79 Å². The fourth-order valence-corrected chi connectivity index (χ4v) is 2.72. The molecule has 3 unspecified atom stereocenters. The molecule has 1 rings (SSSR count). The van der Waals surface area contributed by atoms with Gasteiger partial charge in [-0.05, 0) is 39.0 Å². The van der Waals surface area contributed by atoms with Gasteiger partial charge in [0.15, 0.2) is 0 Å². The van der Waals surface area contributed by atoms with Gasteiger partial charge in [0.05, 0.1) is 5.54 Å². The molecule has 18 heavy (non-hydrogen) atoms. The largest absolute Gasteiger partial charge is 0.368 e. The van der Waals surface area contributed by atoms with Gasteiger partial charge in [0.25, 0.3) is 0 Å². The van der Waals surface area contributed by atoms with Gasteiger partial charge in [-0.2, -0.15) is 0 Å². The molecule has 0 aromatic carbocycles. The molecule has 3 N–H and O–H groups in total. The summed E-state index contributed by atoms with van der Waals surface area (Å²) in [4.78, 5) is 14.1. The van der Waals surface area contributed by atoms with Gasteiger partial charge in [0, 0.05) is 25.7 Å². The normalized spacial score (nSPS) is 28.6. The maximum atomic E-state index is 11.6. The van der Waals surface area contributed by atoms with Crippen LogP contribution in [0.15, 0.2) is 0 Å². The molecule has 1 amide bonds. The summed E-state index contributed by atoms with van der Waals surface area (Å²) in [7, 11) is 0. The van der Waals surface area contributed by atoms with Crippen molar-refractivity contribution < 1.29 is 4.79 Å². The van der Waals surface area contributed by atoms with Gasteiger partial charge in [0.1, 0.15) is 0 Å². The molecule has 0 aromatic heterocycles. The van der Waals surface area contributed by atoms with Crippen molar-refractivity contribution in [3.05, 3.63) is 0 Å². The Bertz CT molecular complexity index is 283. The molecule has 1 aliphatic heterocycles. The highest BCUT2D eigenvalue weighted by atomic mass is 16.1. The highest BCUT2D eigenvalue weighted by Crippen LogP contribution is 2.23. The van der Waals surface area contributed by atoms with E-state index in [0.29, 0.717) is 0 Å². The number of carbonyl (C=O) groups excluding carboxylic acids is 1. The molecule has 0 radical (unpaired) electrons. The van der Waals surface area contributed by atoms with Crippen LogP contribution in [0, 0.1) is 11.8 Å². The number of likely N-dealkylation sites (tertiary alicyclic amines) is 1. The second kappa shape index (κ2) is 6.02. The van der Waals surface area contributed by atoms with Crippen molar-refractivity contribution in [2.75, 3.05) is 19.6 Å². The minimum absolute atomic E-state index is 0.253. The van der Waals surface area contributed by atoms with Crippen molar-refractivity contribution in [1.82, 2.24) is 10.2 Å². The third-order valence-electron chi connectivity index (χ3n) is 4.14. The van der Waals surface area contributed by atoms with Crippen LogP contribution in [0.2, 0.25) is 0 Å². The maximum Gasteiger partial charge on any atom is 0.237 e. The third-order valence-corrected chi connectivity index (χ3v) is 4.14. The molecule has 1 heterocycles. The molecular formula is C14H29N3O. The quantitative estimate of drug-likeness (QED) is 0.750. The van der Waals surface area contributed by atoms with Crippen molar-refractivity contribution >= 4 is 5.91 Å². The second-order valence-corrected chi connectivity index (χ2v) is 6.46. The van der Waals surface area contributed by atoms with Crippen LogP contribution in [0.5, 0.6) is 0 Å². The first-order chi connectivity index (χ1) is 8.24. The average Bonchev–Trinajstić information content (AvgIpc) is 2.54. The van der Waals surface area contributed by atoms with Crippen LogP contribution in [0.1, 0.15) is 41.0 Å². The molecule has 1 saturated heterocycles. The smallest absolute Gasteiger partial charge is 0.237 e. The first-order valence-corrected chi connectivity index (χ1v) is 7.04. The molecule has 0 bridgehead atoms. The number of nitrogens with two attached hydrogens (primary N) is 1. The number of carbonyl (C=O) groups is 1. The van der Waals surface area contributed by atoms with Crippen LogP contribution in [-0.4, -0.2) is 42.0 Å². The van der Waals surface area contributed by atoms with Crippen LogP contribution in [-0.2, 0) is 4.79 Å². The van der Waals surface area contributed by atoms with E-state index in [-0.39, 0.29) is 11.9 Å². The van der Waals surface area contributed by atoms with E-state index in [0.717, 1.165) is 37.9 Å². The van der Waals surface area contributed by atoms with Crippen molar-refractivity contribution in [2.24, 2.45) is 17.6 Å². The van der Waals surface area contributed by atoms with Crippen molar-refractivity contribution in [3.63, 3.8) is 0 Å². The highest BCUT2D eigenvalue weighted by molar-refractivity contribution is 5.84. The second-order valence-electron chi connectivity index (χ2n) is 6.46. The summed E-state index contributed by atoms with van der Waals surface area (Å²) in [5, 5.41) is 3.30. The summed E-state index contributed by atoms with van der Waals surface area (Å²) in [6.45, 7) is 13.8. The maximum absolute atomic E-state index is 11.6. The molecule has 1 aliphatic rings. The summed E-state index contributed by atoms with van der Waals surface area (Å²) >= 11 is 0. The molecule has 4 nitrogen and oxygen atoms in total. The molecule has 106 valence electrons. The Kier molecular flexibility index (Phi) is 5.17. The lowest BCUT2D eigenvalue weighted by Crippen LogP contribution is -2.56. The van der Waals surface area contributed by atoms with Gasteiger partial charge >= 0.3 is 0 Å². The lowest BCUT2D eigenvalue weighted by molar-refractivity contribution is -0.124. The van der Waals surface area contributed by atoms with E-state index in [2.05, 4.69) is 24.1 Å². The van der Waals surface area contributed by atoms with Crippen molar-refractivity contribution in [3.8, 4) is 0 Å². The van der Waals surface area contributed by atoms with Crippen LogP contribution in [0.3, 0.4) is 0 Å². The van der Waals surface area contributed by atoms with Gasteiger partial charge in [0.2, 0.25) is 5.91 Å². The predicted molar refractivity (Wildman–Crippen MR) is 75.3 cm³/mol. The van der Waals surface area contributed by atoms with Gasteiger partial charge < -0.3 is 16.0 Å². The number of primary amides is 1. The molecule has 0 saturated carbocycles. The number of nitrogens with one attached hydrogen (secondary N) is 1. The molecule has 0 aromatic rings. The average molecular weight is 255 g/mol. The Morgan fingerprint density at radius 1 is 1.39 bits per heavy atom. The van der Waals surface area contributed by atoms with E-state index < -0.39 is 5.54 Å². The Morgan fingerprint density at radius 3 is 2.28 bits per heavy atom. The third kappa shape index (κ3) is 3.95. The SMILES string of the molecule is CC(C)NC(C)(CCN1CC(C)C(C)C1)C(N)=O. The van der Waals surface area contributed by atoms with Crippen LogP contribution < -0.4 is 11.1 Å². The number of amides is 1. The van der Waals surface area contributed by atoms with Crippen molar-refractivity contribution in [2.45, 2.75) is 52.6 Å². The van der Waals surface area contributed by atoms with E-state index >= 15 is 0 Å². The zero-order chi connectivity index (χ0) is 13.9. The lowest BCUT2D eigenvalue weighted by atomic mass is 9.95. The van der Waals surface area contributed by atoms with Gasteiger partial charge in [-0.3, -0.25) is 4.79 Å². The van der Waals surface area contributed by atoms with Crippen LogP contribution >= 0.6 is 0 Å². The van der Waals surface area contributed by atoms with Crippen LogP contribution in [0.4, 0.5) is 0 Å². The number of nitrogens with zero attached hydrogens (tertiary/aromatic N) is 1. The predicted octanol–water partition coefficient (Wildman–Crippen LogP) is 1.21. The number of hydrogen-bond acceptors (Lipinski definition) is 3. The summed E-state index contributed by atoms with van der Waals surface area (Å²) < 4.78 is 0. The molecule has 4 heteroatoms. The molecule has 0 aliphatic carbocycles. The molecular weight excluding hydrogens is 226 g/mol. The Balaban J connectivity index is 2.50. The first-order valence-electron chi connectivity index (χ1n) is 7.04. The molecule has 0 spiro atoms. The summed E-state index contributed by atoms with van der Waals surface area (Å²) in [5.74, 6) is 1.25. The fraction of sp³-hybridized carbons (Fsp3) is 0.929. The summed E-state index contributed by atoms with van der Waals surface area (Å²) in [6.07, 6.45) is 0.778. The van der Waals surface area contributed by atoms with E-state index in [1.807, 2.05) is 20.8 Å². The molecule has 1 fully saturated rings. The molecule has 3 atom stereocenters. The fourth-order valence-electron chi connectivity index (χ4n) is 2.72. The number of hydrogen-bond donors (Lipinski definition) is 2.